The van der Waals surface area contributed by atoms with Gasteiger partial charge in [-0.25, -0.2) is 4.99 Å². The number of allylic oxidation sites excluding steroid dienone is 1. The monoisotopic (exact) mass is 315 g/mol. The Labute approximate surface area is 138 Å². The first-order chi connectivity index (χ1) is 11.8. The van der Waals surface area contributed by atoms with Crippen molar-refractivity contribution in [2.75, 3.05) is 0 Å². The van der Waals surface area contributed by atoms with Gasteiger partial charge in [-0.3, -0.25) is 9.89 Å². The molecule has 0 radical (unpaired) electrons. The summed E-state index contributed by atoms with van der Waals surface area (Å²) < 4.78 is 0. The van der Waals surface area contributed by atoms with Crippen LogP contribution in [0.3, 0.4) is 0 Å². The van der Waals surface area contributed by atoms with E-state index in [0.29, 0.717) is 16.9 Å². The highest BCUT2D eigenvalue weighted by Gasteiger charge is 2.28. The third-order valence-electron chi connectivity index (χ3n) is 3.95. The zero-order valence-electron chi connectivity index (χ0n) is 12.6. The maximum atomic E-state index is 12.4. The summed E-state index contributed by atoms with van der Waals surface area (Å²) in [5, 5.41) is 17.1. The Hall–Kier alpha value is -3.47. The molecule has 4 rings (SSSR count). The van der Waals surface area contributed by atoms with E-state index in [9.17, 15) is 9.90 Å². The van der Waals surface area contributed by atoms with E-state index in [2.05, 4.69) is 15.2 Å². The number of carbonyl (C=O) groups is 1. The number of hydrogen-bond donors (Lipinski definition) is 2. The molecule has 0 spiro atoms. The summed E-state index contributed by atoms with van der Waals surface area (Å²) in [6.07, 6.45) is 3.07. The number of rotatable bonds is 3. The van der Waals surface area contributed by atoms with E-state index < -0.39 is 0 Å². The first-order valence-corrected chi connectivity index (χ1v) is 7.46. The van der Waals surface area contributed by atoms with E-state index in [1.165, 1.54) is 6.21 Å². The Morgan fingerprint density at radius 1 is 0.958 bits per heavy atom. The van der Waals surface area contributed by atoms with Crippen molar-refractivity contribution in [1.29, 1.82) is 0 Å². The Bertz CT molecular complexity index is 985. The molecule has 24 heavy (non-hydrogen) atoms. The lowest BCUT2D eigenvalue weighted by molar-refractivity contribution is 0.104. The van der Waals surface area contributed by atoms with Crippen molar-refractivity contribution in [2.24, 2.45) is 4.99 Å². The molecule has 1 heterocycles. The van der Waals surface area contributed by atoms with Gasteiger partial charge in [0.2, 0.25) is 0 Å². The van der Waals surface area contributed by atoms with E-state index in [1.54, 1.807) is 30.5 Å². The van der Waals surface area contributed by atoms with Crippen LogP contribution in [0.15, 0.2) is 71.4 Å². The molecular weight excluding hydrogens is 302 g/mol. The molecule has 0 amide bonds. The minimum absolute atomic E-state index is 0.0415. The first kappa shape index (κ1) is 14.1. The van der Waals surface area contributed by atoms with Crippen molar-refractivity contribution < 1.29 is 9.90 Å². The van der Waals surface area contributed by atoms with Crippen LogP contribution >= 0.6 is 0 Å². The van der Waals surface area contributed by atoms with Crippen LogP contribution in [0.4, 0.5) is 5.82 Å². The van der Waals surface area contributed by atoms with Crippen LogP contribution in [0.1, 0.15) is 15.9 Å². The lowest BCUT2D eigenvalue weighted by Crippen LogP contribution is -1.99. The molecule has 0 atom stereocenters. The molecule has 5 nitrogen and oxygen atoms in total. The number of aliphatic imine (C=N–C) groups is 1. The Morgan fingerprint density at radius 2 is 1.67 bits per heavy atom. The van der Waals surface area contributed by atoms with Crippen LogP contribution in [0.25, 0.3) is 16.9 Å². The third kappa shape index (κ3) is 2.23. The molecule has 1 aliphatic rings. The molecule has 3 aromatic rings. The van der Waals surface area contributed by atoms with Crippen molar-refractivity contribution in [3.63, 3.8) is 0 Å². The number of aliphatic hydroxyl groups is 1. The SMILES string of the molecule is O=C1C(/C=N/c2[nH]ncc2-c2ccccc2)=C(O)c2ccccc21. The number of carbonyl (C=O) groups excluding carboxylic acids is 1. The molecule has 0 aliphatic heterocycles. The molecule has 0 bridgehead atoms. The highest BCUT2D eigenvalue weighted by atomic mass is 16.3. The van der Waals surface area contributed by atoms with E-state index in [4.69, 9.17) is 0 Å². The van der Waals surface area contributed by atoms with Crippen LogP contribution in [0.2, 0.25) is 0 Å². The molecule has 0 fully saturated rings. The fraction of sp³-hybridized carbons (Fsp3) is 0. The number of ketones is 1. The first-order valence-electron chi connectivity index (χ1n) is 7.46. The lowest BCUT2D eigenvalue weighted by Gasteiger charge is -1.98. The van der Waals surface area contributed by atoms with Gasteiger partial charge in [0.1, 0.15) is 5.76 Å². The van der Waals surface area contributed by atoms with Crippen molar-refractivity contribution in [3.05, 3.63) is 77.5 Å². The van der Waals surface area contributed by atoms with Crippen LogP contribution in [-0.4, -0.2) is 27.3 Å². The summed E-state index contributed by atoms with van der Waals surface area (Å²) in [5.74, 6) is 0.262. The number of aliphatic hydroxyl groups excluding tert-OH is 1. The van der Waals surface area contributed by atoms with Crippen LogP contribution < -0.4 is 0 Å². The quantitative estimate of drug-likeness (QED) is 0.718. The minimum Gasteiger partial charge on any atom is -0.506 e. The lowest BCUT2D eigenvalue weighted by atomic mass is 10.1. The van der Waals surface area contributed by atoms with Crippen molar-refractivity contribution in [3.8, 4) is 11.1 Å². The van der Waals surface area contributed by atoms with E-state index in [-0.39, 0.29) is 17.1 Å². The predicted octanol–water partition coefficient (Wildman–Crippen LogP) is 3.94. The van der Waals surface area contributed by atoms with Gasteiger partial charge in [-0.05, 0) is 5.56 Å². The summed E-state index contributed by atoms with van der Waals surface area (Å²) in [4.78, 5) is 16.7. The Balaban J connectivity index is 1.70. The molecule has 0 saturated heterocycles. The van der Waals surface area contributed by atoms with Gasteiger partial charge in [-0.15, -0.1) is 0 Å². The van der Waals surface area contributed by atoms with Gasteiger partial charge < -0.3 is 5.11 Å². The summed E-state index contributed by atoms with van der Waals surface area (Å²) >= 11 is 0. The average molecular weight is 315 g/mol. The summed E-state index contributed by atoms with van der Waals surface area (Å²) in [5.41, 5.74) is 3.01. The van der Waals surface area contributed by atoms with Gasteiger partial charge in [-0.1, -0.05) is 54.6 Å². The van der Waals surface area contributed by atoms with Gasteiger partial charge in [0, 0.05) is 22.9 Å². The second-order valence-corrected chi connectivity index (χ2v) is 5.39. The van der Waals surface area contributed by atoms with Gasteiger partial charge in [0.05, 0.1) is 11.8 Å². The smallest absolute Gasteiger partial charge is 0.199 e. The molecule has 1 aliphatic carbocycles. The van der Waals surface area contributed by atoms with E-state index in [0.717, 1.165) is 11.1 Å². The molecule has 1 aromatic heterocycles. The van der Waals surface area contributed by atoms with Gasteiger partial charge >= 0.3 is 0 Å². The molecular formula is C19H13N3O2. The largest absolute Gasteiger partial charge is 0.506 e. The number of hydrogen-bond acceptors (Lipinski definition) is 4. The second kappa shape index (κ2) is 5.62. The normalized spacial score (nSPS) is 13.8. The number of benzene rings is 2. The molecule has 0 unspecified atom stereocenters. The molecule has 2 aromatic carbocycles. The third-order valence-corrected chi connectivity index (χ3v) is 3.95. The number of H-pyrrole nitrogens is 1. The number of aromatic nitrogens is 2. The zero-order chi connectivity index (χ0) is 16.5. The van der Waals surface area contributed by atoms with Crippen molar-refractivity contribution >= 4 is 23.6 Å². The fourth-order valence-electron chi connectivity index (χ4n) is 2.74. The zero-order valence-corrected chi connectivity index (χ0v) is 12.6. The molecule has 116 valence electrons. The van der Waals surface area contributed by atoms with Crippen LogP contribution in [0, 0.1) is 0 Å². The molecule has 2 N–H and O–H groups in total. The standard InChI is InChI=1S/C19H13N3O2/c23-17-13-8-4-5-9-14(13)18(24)16(17)10-20-19-15(11-21-22-19)12-6-2-1-3-7-12/h1-11,23H,(H,21,22)/b20-10+. The fourth-order valence-corrected chi connectivity index (χ4v) is 2.74. The number of Topliss-reactive ketones (excluding diaryl/α,β-unsaturated/α-hetero) is 1. The maximum Gasteiger partial charge on any atom is 0.199 e. The predicted molar refractivity (Wildman–Crippen MR) is 92.5 cm³/mol. The molecule has 0 saturated carbocycles. The number of fused-ring (bicyclic) bond motifs is 1. The summed E-state index contributed by atoms with van der Waals surface area (Å²) in [6.45, 7) is 0. The Morgan fingerprint density at radius 3 is 2.42 bits per heavy atom. The van der Waals surface area contributed by atoms with Crippen LogP contribution in [-0.2, 0) is 0 Å². The summed E-state index contributed by atoms with van der Waals surface area (Å²) in [7, 11) is 0. The topological polar surface area (TPSA) is 78.3 Å². The van der Waals surface area contributed by atoms with Crippen molar-refractivity contribution in [1.82, 2.24) is 10.2 Å². The van der Waals surface area contributed by atoms with Gasteiger partial charge in [-0.2, -0.15) is 5.10 Å². The summed E-state index contributed by atoms with van der Waals surface area (Å²) in [6, 6.07) is 16.7. The minimum atomic E-state index is -0.229. The van der Waals surface area contributed by atoms with E-state index in [1.807, 2.05) is 30.3 Å². The molecule has 5 heteroatoms. The highest BCUT2D eigenvalue weighted by Crippen LogP contribution is 2.31. The average Bonchev–Trinajstić information content (AvgIpc) is 3.19. The van der Waals surface area contributed by atoms with Crippen LogP contribution in [0.5, 0.6) is 0 Å². The second-order valence-electron chi connectivity index (χ2n) is 5.39. The van der Waals surface area contributed by atoms with E-state index >= 15 is 0 Å². The number of nitrogens with zero attached hydrogens (tertiary/aromatic N) is 2. The Kier molecular flexibility index (Phi) is 3.31. The van der Waals surface area contributed by atoms with Crippen molar-refractivity contribution in [2.45, 2.75) is 0 Å². The number of aromatic amines is 1. The highest BCUT2D eigenvalue weighted by molar-refractivity contribution is 6.30. The van der Waals surface area contributed by atoms with Gasteiger partial charge in [0.25, 0.3) is 0 Å². The number of nitrogens with one attached hydrogen (secondary N) is 1. The van der Waals surface area contributed by atoms with Gasteiger partial charge in [0.15, 0.2) is 11.6 Å². The maximum absolute atomic E-state index is 12.4.